The Labute approximate surface area is 167 Å². The summed E-state index contributed by atoms with van der Waals surface area (Å²) >= 11 is 0. The summed E-state index contributed by atoms with van der Waals surface area (Å²) in [5.74, 6) is -1.03. The number of hydrazine groups is 1. The molecule has 29 heavy (non-hydrogen) atoms. The van der Waals surface area contributed by atoms with Crippen LogP contribution in [0.2, 0.25) is 0 Å². The number of fused-ring (bicyclic) bond motifs is 2. The second kappa shape index (κ2) is 7.17. The second-order valence-corrected chi connectivity index (χ2v) is 8.63. The lowest BCUT2D eigenvalue weighted by atomic mass is 10.1. The van der Waals surface area contributed by atoms with Crippen molar-refractivity contribution in [3.63, 3.8) is 0 Å². The summed E-state index contributed by atoms with van der Waals surface area (Å²) in [4.78, 5) is 29.0. The van der Waals surface area contributed by atoms with Crippen LogP contribution < -0.4 is 15.2 Å². The molecule has 0 spiro atoms. The number of anilines is 1. The van der Waals surface area contributed by atoms with Crippen LogP contribution in [-0.4, -0.2) is 38.0 Å². The van der Waals surface area contributed by atoms with Crippen molar-refractivity contribution < 1.29 is 18.0 Å². The molecule has 4 rings (SSSR count). The molecule has 0 aliphatic carbocycles. The fraction of sp³-hybridized carbons (Fsp3) is 0.150. The molecule has 2 N–H and O–H groups in total. The number of aromatic nitrogens is 1. The number of benzene rings is 2. The van der Waals surface area contributed by atoms with E-state index in [0.29, 0.717) is 29.7 Å². The van der Waals surface area contributed by atoms with E-state index in [1.807, 2.05) is 18.2 Å². The predicted molar refractivity (Wildman–Crippen MR) is 109 cm³/mol. The number of rotatable bonds is 3. The van der Waals surface area contributed by atoms with Crippen molar-refractivity contribution in [2.45, 2.75) is 6.42 Å². The highest BCUT2D eigenvalue weighted by Crippen LogP contribution is 2.30. The Morgan fingerprint density at radius 1 is 1.00 bits per heavy atom. The molecule has 3 aromatic rings. The van der Waals surface area contributed by atoms with Crippen LogP contribution in [0.5, 0.6) is 0 Å². The van der Waals surface area contributed by atoms with Crippen LogP contribution in [-0.2, 0) is 16.4 Å². The minimum atomic E-state index is -3.35. The van der Waals surface area contributed by atoms with Gasteiger partial charge in [-0.1, -0.05) is 24.3 Å². The summed E-state index contributed by atoms with van der Waals surface area (Å²) in [5, 5.41) is 0.911. The van der Waals surface area contributed by atoms with Gasteiger partial charge in [-0.15, -0.1) is 0 Å². The average molecular weight is 410 g/mol. The summed E-state index contributed by atoms with van der Waals surface area (Å²) in [6, 6.07) is 15.5. The van der Waals surface area contributed by atoms with Gasteiger partial charge in [0.1, 0.15) is 5.69 Å². The molecule has 0 bridgehead atoms. The average Bonchev–Trinajstić information content (AvgIpc) is 3.15. The molecule has 0 saturated heterocycles. The number of para-hydroxylation sites is 1. The van der Waals surface area contributed by atoms with Crippen LogP contribution in [0.15, 0.2) is 54.6 Å². The van der Waals surface area contributed by atoms with E-state index in [9.17, 15) is 18.0 Å². The molecule has 0 unspecified atom stereocenters. The monoisotopic (exact) mass is 410 g/mol. The molecular weight excluding hydrogens is 392 g/mol. The van der Waals surface area contributed by atoms with Crippen molar-refractivity contribution in [2.24, 2.45) is 0 Å². The minimum absolute atomic E-state index is 0.182. The predicted octanol–water partition coefficient (Wildman–Crippen LogP) is 1.63. The fourth-order valence-electron chi connectivity index (χ4n) is 3.30. The van der Waals surface area contributed by atoms with Gasteiger partial charge in [0, 0.05) is 17.5 Å². The number of carbonyl (C=O) groups excluding carboxylic acids is 2. The van der Waals surface area contributed by atoms with Crippen molar-refractivity contribution in [3.05, 3.63) is 71.4 Å². The normalized spacial score (nSPS) is 13.2. The lowest BCUT2D eigenvalue weighted by Crippen LogP contribution is -2.42. The van der Waals surface area contributed by atoms with Gasteiger partial charge in [0.05, 0.1) is 17.5 Å². The molecule has 2 amide bonds. The van der Waals surface area contributed by atoms with Gasteiger partial charge < -0.3 is 0 Å². The van der Waals surface area contributed by atoms with Gasteiger partial charge in [0.15, 0.2) is 0 Å². The maximum atomic E-state index is 12.4. The van der Waals surface area contributed by atoms with E-state index in [4.69, 9.17) is 0 Å². The maximum absolute atomic E-state index is 12.4. The van der Waals surface area contributed by atoms with Crippen LogP contribution >= 0.6 is 0 Å². The largest absolute Gasteiger partial charge is 0.288 e. The van der Waals surface area contributed by atoms with E-state index >= 15 is 0 Å². The zero-order chi connectivity index (χ0) is 20.6. The summed E-state index contributed by atoms with van der Waals surface area (Å²) in [6.07, 6.45) is 1.68. The minimum Gasteiger partial charge on any atom is -0.270 e. The van der Waals surface area contributed by atoms with Gasteiger partial charge in [-0.3, -0.25) is 24.7 Å². The van der Waals surface area contributed by atoms with Gasteiger partial charge in [0.2, 0.25) is 10.0 Å². The molecule has 1 aliphatic heterocycles. The highest BCUT2D eigenvalue weighted by atomic mass is 32.2. The Morgan fingerprint density at radius 3 is 2.55 bits per heavy atom. The fourth-order valence-corrected chi connectivity index (χ4v) is 4.26. The van der Waals surface area contributed by atoms with Crippen molar-refractivity contribution in [1.29, 1.82) is 0 Å². The Balaban J connectivity index is 1.45. The van der Waals surface area contributed by atoms with Gasteiger partial charge in [-0.2, -0.15) is 0 Å². The molecule has 2 heterocycles. The first-order chi connectivity index (χ1) is 13.8. The van der Waals surface area contributed by atoms with Gasteiger partial charge in [-0.05, 0) is 42.3 Å². The van der Waals surface area contributed by atoms with Crippen LogP contribution in [0.25, 0.3) is 10.9 Å². The van der Waals surface area contributed by atoms with E-state index in [1.54, 1.807) is 30.3 Å². The first-order valence-electron chi connectivity index (χ1n) is 8.90. The number of hydrogen-bond donors (Lipinski definition) is 2. The van der Waals surface area contributed by atoms with E-state index in [1.165, 1.54) is 10.4 Å². The Kier molecular flexibility index (Phi) is 4.67. The van der Waals surface area contributed by atoms with Crippen LogP contribution in [0.3, 0.4) is 0 Å². The third-order valence-corrected chi connectivity index (χ3v) is 5.90. The number of nitrogens with zero attached hydrogens (tertiary/aromatic N) is 2. The van der Waals surface area contributed by atoms with Gasteiger partial charge >= 0.3 is 0 Å². The van der Waals surface area contributed by atoms with Crippen molar-refractivity contribution >= 4 is 38.4 Å². The maximum Gasteiger partial charge on any atom is 0.288 e. The number of hydrogen-bond acceptors (Lipinski definition) is 5. The van der Waals surface area contributed by atoms with Crippen LogP contribution in [0.4, 0.5) is 5.69 Å². The molecule has 1 aliphatic rings. The van der Waals surface area contributed by atoms with Crippen molar-refractivity contribution in [3.8, 4) is 0 Å². The van der Waals surface area contributed by atoms with Crippen LogP contribution in [0, 0.1) is 0 Å². The standard InChI is InChI=1S/C20H18N4O4S/c1-29(27,28)24-11-10-14-12-15(7-9-18(14)24)19(25)22-23-20(26)17-8-6-13-4-2-3-5-16(13)21-17/h2-9,12H,10-11H2,1H3,(H,22,25)(H,23,26). The van der Waals surface area contributed by atoms with Gasteiger partial charge in [0.25, 0.3) is 11.8 Å². The smallest absolute Gasteiger partial charge is 0.270 e. The third kappa shape index (κ3) is 3.77. The number of pyridine rings is 1. The molecule has 0 saturated carbocycles. The number of sulfonamides is 1. The Hall–Kier alpha value is -3.46. The summed E-state index contributed by atoms with van der Waals surface area (Å²) < 4.78 is 24.9. The molecule has 0 atom stereocenters. The first kappa shape index (κ1) is 18.9. The Morgan fingerprint density at radius 2 is 1.76 bits per heavy atom. The second-order valence-electron chi connectivity index (χ2n) is 6.73. The summed E-state index contributed by atoms with van der Waals surface area (Å²) in [5.41, 5.74) is 7.26. The van der Waals surface area contributed by atoms with E-state index < -0.39 is 21.8 Å². The summed E-state index contributed by atoms with van der Waals surface area (Å²) in [7, 11) is -3.35. The molecular formula is C20H18N4O4S. The molecule has 148 valence electrons. The molecule has 2 aromatic carbocycles. The van der Waals surface area contributed by atoms with Crippen LogP contribution in [0.1, 0.15) is 26.4 Å². The van der Waals surface area contributed by atoms with Crippen molar-refractivity contribution in [2.75, 3.05) is 17.1 Å². The molecule has 1 aromatic heterocycles. The third-order valence-electron chi connectivity index (χ3n) is 4.72. The lowest BCUT2D eigenvalue weighted by molar-refractivity contribution is 0.0844. The Bertz CT molecular complexity index is 1240. The molecule has 9 heteroatoms. The van der Waals surface area contributed by atoms with E-state index in [2.05, 4.69) is 15.8 Å². The number of amides is 2. The van der Waals surface area contributed by atoms with Gasteiger partial charge in [-0.25, -0.2) is 13.4 Å². The molecule has 0 fully saturated rings. The number of carbonyl (C=O) groups is 2. The van der Waals surface area contributed by atoms with E-state index in [-0.39, 0.29) is 5.69 Å². The quantitative estimate of drug-likeness (QED) is 0.638. The molecule has 8 nitrogen and oxygen atoms in total. The topological polar surface area (TPSA) is 108 Å². The molecule has 0 radical (unpaired) electrons. The van der Waals surface area contributed by atoms with E-state index in [0.717, 1.165) is 17.2 Å². The van der Waals surface area contributed by atoms with Crippen molar-refractivity contribution in [1.82, 2.24) is 15.8 Å². The summed E-state index contributed by atoms with van der Waals surface area (Å²) in [6.45, 7) is 0.351. The zero-order valence-electron chi connectivity index (χ0n) is 15.5. The highest BCUT2D eigenvalue weighted by Gasteiger charge is 2.26. The lowest BCUT2D eigenvalue weighted by Gasteiger charge is -2.16. The number of nitrogens with one attached hydrogen (secondary N) is 2. The zero-order valence-corrected chi connectivity index (χ0v) is 16.4. The highest BCUT2D eigenvalue weighted by molar-refractivity contribution is 7.92. The first-order valence-corrected chi connectivity index (χ1v) is 10.7. The SMILES string of the molecule is CS(=O)(=O)N1CCc2cc(C(=O)NNC(=O)c3ccc4ccccc4n3)ccc21.